The monoisotopic (exact) mass is 475 g/mol. The summed E-state index contributed by atoms with van der Waals surface area (Å²) in [6.45, 7) is 4.12. The van der Waals surface area contributed by atoms with Gasteiger partial charge in [0.05, 0.1) is 17.6 Å². The summed E-state index contributed by atoms with van der Waals surface area (Å²) in [5.74, 6) is 0.256. The molecule has 0 spiro atoms. The fourth-order valence-electron chi connectivity index (χ4n) is 4.28. The highest BCUT2D eigenvalue weighted by Crippen LogP contribution is 2.30. The molecule has 0 radical (unpaired) electrons. The van der Waals surface area contributed by atoms with Crippen molar-refractivity contribution in [2.75, 3.05) is 25.1 Å². The average molecular weight is 476 g/mol. The van der Waals surface area contributed by atoms with Crippen LogP contribution in [0.25, 0.3) is 16.9 Å². The molecule has 0 unspecified atom stereocenters. The molecule has 35 heavy (non-hydrogen) atoms. The number of rotatable bonds is 7. The number of hydrogen-bond donors (Lipinski definition) is 2. The number of nitrogens with two attached hydrogens (primary N) is 1. The van der Waals surface area contributed by atoms with Gasteiger partial charge in [-0.3, -0.25) is 4.79 Å². The summed E-state index contributed by atoms with van der Waals surface area (Å²) in [5, 5.41) is 8.14. The highest BCUT2D eigenvalue weighted by atomic mass is 19.1. The highest BCUT2D eigenvalue weighted by molar-refractivity contribution is 5.94. The molecule has 1 fully saturated rings. The van der Waals surface area contributed by atoms with E-state index in [4.69, 9.17) is 15.2 Å². The summed E-state index contributed by atoms with van der Waals surface area (Å²) in [7, 11) is 0. The van der Waals surface area contributed by atoms with E-state index in [0.717, 1.165) is 55.1 Å². The van der Waals surface area contributed by atoms with Crippen LogP contribution >= 0.6 is 0 Å². The molecule has 2 aromatic heterocycles. The number of carbonyl (C=O) groups is 1. The first-order chi connectivity index (χ1) is 17.0. The van der Waals surface area contributed by atoms with E-state index in [1.54, 1.807) is 35.0 Å². The number of fused-ring (bicyclic) bond motifs is 1. The number of imidazole rings is 1. The van der Waals surface area contributed by atoms with E-state index in [9.17, 15) is 9.18 Å². The number of nitrogens with one attached hydrogen (secondary N) is 1. The van der Waals surface area contributed by atoms with Gasteiger partial charge in [0.15, 0.2) is 5.65 Å². The summed E-state index contributed by atoms with van der Waals surface area (Å²) in [5.41, 5.74) is 9.62. The van der Waals surface area contributed by atoms with Gasteiger partial charge in [-0.1, -0.05) is 12.1 Å². The Hall–Kier alpha value is -3.98. The van der Waals surface area contributed by atoms with Crippen molar-refractivity contribution in [3.8, 4) is 22.9 Å². The van der Waals surface area contributed by atoms with Gasteiger partial charge in [0.2, 0.25) is 11.8 Å². The maximum atomic E-state index is 13.7. The van der Waals surface area contributed by atoms with Crippen LogP contribution in [0.4, 0.5) is 10.1 Å². The topological polar surface area (TPSA) is 104 Å². The van der Waals surface area contributed by atoms with Crippen molar-refractivity contribution in [2.24, 2.45) is 11.7 Å². The molecular formula is C26H26FN5O3. The van der Waals surface area contributed by atoms with Gasteiger partial charge >= 0.3 is 0 Å². The number of aromatic nitrogens is 3. The Bertz CT molecular complexity index is 1380. The van der Waals surface area contributed by atoms with Crippen molar-refractivity contribution in [1.82, 2.24) is 14.6 Å². The Morgan fingerprint density at radius 2 is 2.06 bits per heavy atom. The van der Waals surface area contributed by atoms with E-state index in [2.05, 4.69) is 15.4 Å². The van der Waals surface area contributed by atoms with Crippen LogP contribution in [0.3, 0.4) is 0 Å². The third-order valence-electron chi connectivity index (χ3n) is 6.17. The lowest BCUT2D eigenvalue weighted by Gasteiger charge is -2.22. The molecule has 5 rings (SSSR count). The zero-order valence-corrected chi connectivity index (χ0v) is 19.3. The van der Waals surface area contributed by atoms with Gasteiger partial charge < -0.3 is 20.5 Å². The lowest BCUT2D eigenvalue weighted by molar-refractivity contribution is 0.0699. The number of nitrogens with zero attached hydrogens (tertiary/aromatic N) is 3. The molecule has 1 aliphatic heterocycles. The maximum Gasteiger partial charge on any atom is 0.248 e. The van der Waals surface area contributed by atoms with Gasteiger partial charge in [-0.05, 0) is 55.5 Å². The van der Waals surface area contributed by atoms with E-state index in [1.165, 1.54) is 12.1 Å². The maximum absolute atomic E-state index is 13.7. The van der Waals surface area contributed by atoms with Crippen LogP contribution < -0.4 is 15.8 Å². The SMILES string of the molecule is Cc1cc(-c2cnc3c(NCC4CCOCC4)cc(Oc4cccc(F)c4)nn23)ccc1C(N)=O. The van der Waals surface area contributed by atoms with Crippen molar-refractivity contribution < 1.29 is 18.7 Å². The minimum atomic E-state index is -0.476. The van der Waals surface area contributed by atoms with Gasteiger partial charge in [0, 0.05) is 43.0 Å². The van der Waals surface area contributed by atoms with Crippen molar-refractivity contribution in [2.45, 2.75) is 19.8 Å². The molecule has 1 saturated heterocycles. The second kappa shape index (κ2) is 9.71. The lowest BCUT2D eigenvalue weighted by Crippen LogP contribution is -2.23. The minimum absolute atomic E-state index is 0.294. The quantitative estimate of drug-likeness (QED) is 0.406. The number of ether oxygens (including phenoxy) is 2. The number of anilines is 1. The number of amides is 1. The van der Waals surface area contributed by atoms with E-state index >= 15 is 0 Å². The Morgan fingerprint density at radius 1 is 1.23 bits per heavy atom. The first-order valence-electron chi connectivity index (χ1n) is 11.5. The minimum Gasteiger partial charge on any atom is -0.437 e. The van der Waals surface area contributed by atoms with Crippen LogP contribution in [0, 0.1) is 18.7 Å². The number of primary amides is 1. The van der Waals surface area contributed by atoms with Crippen molar-refractivity contribution in [1.29, 1.82) is 0 Å². The van der Waals surface area contributed by atoms with Crippen LogP contribution in [0.5, 0.6) is 11.6 Å². The predicted molar refractivity (Wildman–Crippen MR) is 130 cm³/mol. The molecule has 180 valence electrons. The van der Waals surface area contributed by atoms with E-state index in [0.29, 0.717) is 28.8 Å². The molecule has 1 aliphatic rings. The number of benzene rings is 2. The molecule has 0 saturated carbocycles. The van der Waals surface area contributed by atoms with Crippen LogP contribution in [-0.2, 0) is 4.74 Å². The normalized spacial score (nSPS) is 14.2. The van der Waals surface area contributed by atoms with E-state index in [1.807, 2.05) is 19.1 Å². The van der Waals surface area contributed by atoms with Gasteiger partial charge in [0.1, 0.15) is 11.6 Å². The standard InChI is InChI=1S/C26H26FN5O3/c1-16-11-18(5-6-21(16)25(28)33)23-15-30-26-22(29-14-17-7-9-34-10-8-17)13-24(31-32(23)26)35-20-4-2-3-19(27)12-20/h2-6,11-13,15,17,29H,7-10,14H2,1H3,(H2,28,33). The molecule has 3 heterocycles. The third kappa shape index (κ3) is 4.95. The average Bonchev–Trinajstić information content (AvgIpc) is 3.27. The van der Waals surface area contributed by atoms with Crippen LogP contribution in [0.15, 0.2) is 54.7 Å². The van der Waals surface area contributed by atoms with Gasteiger partial charge in [-0.25, -0.2) is 13.9 Å². The Kier molecular flexibility index (Phi) is 6.33. The second-order valence-corrected chi connectivity index (χ2v) is 8.67. The first kappa shape index (κ1) is 22.8. The summed E-state index contributed by atoms with van der Waals surface area (Å²) in [4.78, 5) is 16.3. The molecular weight excluding hydrogens is 449 g/mol. The largest absolute Gasteiger partial charge is 0.437 e. The molecule has 8 nitrogen and oxygen atoms in total. The van der Waals surface area contributed by atoms with Gasteiger partial charge in [-0.2, -0.15) is 0 Å². The summed E-state index contributed by atoms with van der Waals surface area (Å²) >= 11 is 0. The van der Waals surface area contributed by atoms with Crippen molar-refractivity contribution in [3.63, 3.8) is 0 Å². The Morgan fingerprint density at radius 3 is 2.80 bits per heavy atom. The molecule has 3 N–H and O–H groups in total. The zero-order chi connectivity index (χ0) is 24.4. The molecule has 1 amide bonds. The van der Waals surface area contributed by atoms with Crippen molar-refractivity contribution in [3.05, 3.63) is 71.7 Å². The summed E-state index contributed by atoms with van der Waals surface area (Å²) in [6, 6.07) is 13.1. The van der Waals surface area contributed by atoms with E-state index in [-0.39, 0.29) is 0 Å². The molecule has 0 atom stereocenters. The Balaban J connectivity index is 1.54. The van der Waals surface area contributed by atoms with Crippen LogP contribution in [-0.4, -0.2) is 40.3 Å². The van der Waals surface area contributed by atoms with E-state index < -0.39 is 11.7 Å². The fraction of sp³-hybridized carbons (Fsp3) is 0.269. The smallest absolute Gasteiger partial charge is 0.248 e. The van der Waals surface area contributed by atoms with Gasteiger partial charge in [-0.15, -0.1) is 5.10 Å². The number of halogens is 1. The molecule has 2 aromatic carbocycles. The third-order valence-corrected chi connectivity index (χ3v) is 6.17. The summed E-state index contributed by atoms with van der Waals surface area (Å²) < 4.78 is 26.8. The highest BCUT2D eigenvalue weighted by Gasteiger charge is 2.18. The second-order valence-electron chi connectivity index (χ2n) is 8.67. The van der Waals surface area contributed by atoms with Gasteiger partial charge in [0.25, 0.3) is 0 Å². The first-order valence-corrected chi connectivity index (χ1v) is 11.5. The predicted octanol–water partition coefficient (Wildman–Crippen LogP) is 4.57. The summed E-state index contributed by atoms with van der Waals surface area (Å²) in [6.07, 6.45) is 3.71. The van der Waals surface area contributed by atoms with Crippen molar-refractivity contribution >= 4 is 17.2 Å². The molecule has 9 heteroatoms. The van der Waals surface area contributed by atoms with Crippen LogP contribution in [0.1, 0.15) is 28.8 Å². The molecule has 0 aliphatic carbocycles. The number of hydrogen-bond acceptors (Lipinski definition) is 6. The lowest BCUT2D eigenvalue weighted by atomic mass is 10.0. The van der Waals surface area contributed by atoms with Crippen LogP contribution in [0.2, 0.25) is 0 Å². The zero-order valence-electron chi connectivity index (χ0n) is 19.3. The Labute approximate surface area is 201 Å². The molecule has 4 aromatic rings. The molecule has 0 bridgehead atoms. The number of carbonyl (C=O) groups excluding carboxylic acids is 1. The fourth-order valence-corrected chi connectivity index (χ4v) is 4.28. The number of aryl methyl sites for hydroxylation is 1.